The van der Waals surface area contributed by atoms with Crippen LogP contribution in [0.1, 0.15) is 20.3 Å². The number of carbonyl (C=O) groups excluding carboxylic acids is 2. The van der Waals surface area contributed by atoms with Crippen LogP contribution >= 0.6 is 0 Å². The molecule has 1 heterocycles. The molecule has 1 aliphatic heterocycles. The summed E-state index contributed by atoms with van der Waals surface area (Å²) >= 11 is 0. The zero-order valence-electron chi connectivity index (χ0n) is 14.8. The van der Waals surface area contributed by atoms with Crippen LogP contribution in [-0.4, -0.2) is 29.7 Å². The Balaban J connectivity index is 1.95. The fraction of sp³-hybridized carbons (Fsp3) is 0.250. The molecule has 6 nitrogen and oxygen atoms in total. The summed E-state index contributed by atoms with van der Waals surface area (Å²) in [5.41, 5.74) is 3.44. The zero-order chi connectivity index (χ0) is 18.6. The van der Waals surface area contributed by atoms with Crippen molar-refractivity contribution in [1.29, 1.82) is 0 Å². The third kappa shape index (κ3) is 3.31. The van der Waals surface area contributed by atoms with Gasteiger partial charge in [-0.2, -0.15) is 5.10 Å². The quantitative estimate of drug-likeness (QED) is 0.663. The van der Waals surface area contributed by atoms with E-state index >= 15 is 0 Å². The normalized spacial score (nSPS) is 21.1. The number of nitrogens with one attached hydrogen (secondary N) is 1. The lowest BCUT2D eigenvalue weighted by atomic mass is 9.98. The van der Waals surface area contributed by atoms with E-state index in [0.29, 0.717) is 5.69 Å². The van der Waals surface area contributed by atoms with Crippen molar-refractivity contribution in [2.75, 3.05) is 16.9 Å². The van der Waals surface area contributed by atoms with Crippen LogP contribution in [0.25, 0.3) is 0 Å². The third-order valence-electron chi connectivity index (χ3n) is 4.28. The molecule has 0 aliphatic carbocycles. The number of benzene rings is 2. The number of nitrogens with zero attached hydrogens (tertiary/aromatic N) is 2. The summed E-state index contributed by atoms with van der Waals surface area (Å²) in [7, 11) is 0. The van der Waals surface area contributed by atoms with Gasteiger partial charge in [0, 0.05) is 12.1 Å². The molecule has 0 spiro atoms. The molecule has 1 N–H and O–H groups in total. The summed E-state index contributed by atoms with van der Waals surface area (Å²) in [6, 6.07) is 18.4. The molecule has 6 heteroatoms. The predicted molar refractivity (Wildman–Crippen MR) is 101 cm³/mol. The van der Waals surface area contributed by atoms with Crippen molar-refractivity contribution >= 4 is 29.0 Å². The first-order valence-corrected chi connectivity index (χ1v) is 8.50. The van der Waals surface area contributed by atoms with E-state index in [1.807, 2.05) is 48.5 Å². The number of carbonyl (C=O) groups is 2. The van der Waals surface area contributed by atoms with E-state index in [1.54, 1.807) is 26.0 Å². The highest BCUT2D eigenvalue weighted by molar-refractivity contribution is 6.48. The van der Waals surface area contributed by atoms with Crippen LogP contribution in [0.3, 0.4) is 0 Å². The van der Waals surface area contributed by atoms with E-state index in [4.69, 9.17) is 4.74 Å². The van der Waals surface area contributed by atoms with E-state index in [-0.39, 0.29) is 24.6 Å². The van der Waals surface area contributed by atoms with Crippen LogP contribution in [0.5, 0.6) is 0 Å². The van der Waals surface area contributed by atoms with Crippen LogP contribution in [-0.2, 0) is 14.3 Å². The predicted octanol–water partition coefficient (Wildman–Crippen LogP) is 3.21. The van der Waals surface area contributed by atoms with Gasteiger partial charge in [-0.15, -0.1) is 0 Å². The van der Waals surface area contributed by atoms with Gasteiger partial charge in [0.1, 0.15) is 11.3 Å². The minimum absolute atomic E-state index is 0.166. The van der Waals surface area contributed by atoms with Gasteiger partial charge in [-0.3, -0.25) is 15.1 Å². The Labute approximate surface area is 152 Å². The Morgan fingerprint density at radius 2 is 1.77 bits per heavy atom. The highest BCUT2D eigenvalue weighted by Gasteiger charge is 2.53. The summed E-state index contributed by atoms with van der Waals surface area (Å²) in [6.45, 7) is 3.71. The number of amides is 1. The summed E-state index contributed by atoms with van der Waals surface area (Å²) in [5, 5.41) is 4.26. The maximum Gasteiger partial charge on any atom is 0.332 e. The molecule has 1 atom stereocenters. The van der Waals surface area contributed by atoms with Crippen molar-refractivity contribution < 1.29 is 14.3 Å². The second-order valence-corrected chi connectivity index (χ2v) is 6.18. The first kappa shape index (κ1) is 17.7. The van der Waals surface area contributed by atoms with Gasteiger partial charge >= 0.3 is 5.97 Å². The van der Waals surface area contributed by atoms with Gasteiger partial charge in [0.25, 0.3) is 5.91 Å². The van der Waals surface area contributed by atoms with Crippen LogP contribution in [0.2, 0.25) is 0 Å². The summed E-state index contributed by atoms with van der Waals surface area (Å²) in [5.74, 6) is -0.753. The number of esters is 1. The molecule has 26 heavy (non-hydrogen) atoms. The maximum atomic E-state index is 13.0. The van der Waals surface area contributed by atoms with Gasteiger partial charge in [-0.05, 0) is 38.1 Å². The highest BCUT2D eigenvalue weighted by atomic mass is 16.5. The molecular weight excluding hydrogens is 330 g/mol. The standard InChI is InChI=1S/C20H21N3O3/c1-3-26-19(25)20(2)14-17(22-21-15-10-6-4-7-11-15)18(24)23(20)16-12-8-5-9-13-16/h4-13,21H,3,14H2,1-2H3. The first-order chi connectivity index (χ1) is 12.6. The summed E-state index contributed by atoms with van der Waals surface area (Å²) < 4.78 is 5.23. The van der Waals surface area contributed by atoms with Gasteiger partial charge in [-0.25, -0.2) is 4.79 Å². The first-order valence-electron chi connectivity index (χ1n) is 8.50. The number of hydrazone groups is 1. The second-order valence-electron chi connectivity index (χ2n) is 6.18. The van der Waals surface area contributed by atoms with Gasteiger partial charge in [0.15, 0.2) is 0 Å². The molecule has 3 rings (SSSR count). The molecule has 2 aromatic rings. The fourth-order valence-electron chi connectivity index (χ4n) is 3.00. The van der Waals surface area contributed by atoms with Crippen molar-refractivity contribution in [3.8, 4) is 0 Å². The minimum atomic E-state index is -1.13. The molecule has 2 aromatic carbocycles. The second kappa shape index (κ2) is 7.39. The minimum Gasteiger partial charge on any atom is -0.464 e. The van der Waals surface area contributed by atoms with Crippen LogP contribution < -0.4 is 10.3 Å². The monoisotopic (exact) mass is 351 g/mol. The van der Waals surface area contributed by atoms with E-state index in [2.05, 4.69) is 10.5 Å². The number of rotatable bonds is 5. The highest BCUT2D eigenvalue weighted by Crippen LogP contribution is 2.35. The topological polar surface area (TPSA) is 71.0 Å². The van der Waals surface area contributed by atoms with E-state index in [9.17, 15) is 9.59 Å². The van der Waals surface area contributed by atoms with Gasteiger partial charge in [-0.1, -0.05) is 36.4 Å². The Bertz CT molecular complexity index is 821. The third-order valence-corrected chi connectivity index (χ3v) is 4.28. The lowest BCUT2D eigenvalue weighted by Gasteiger charge is -2.32. The van der Waals surface area contributed by atoms with E-state index in [1.165, 1.54) is 4.90 Å². The number of hydrogen-bond acceptors (Lipinski definition) is 5. The largest absolute Gasteiger partial charge is 0.464 e. The molecule has 0 bridgehead atoms. The van der Waals surface area contributed by atoms with Crippen molar-refractivity contribution in [2.45, 2.75) is 25.8 Å². The summed E-state index contributed by atoms with van der Waals surface area (Å²) in [4.78, 5) is 27.1. The average molecular weight is 351 g/mol. The summed E-state index contributed by atoms with van der Waals surface area (Å²) in [6.07, 6.45) is 0.166. The molecule has 1 unspecified atom stereocenters. The smallest absolute Gasteiger partial charge is 0.332 e. The van der Waals surface area contributed by atoms with Gasteiger partial charge < -0.3 is 4.74 Å². The van der Waals surface area contributed by atoms with Gasteiger partial charge in [0.2, 0.25) is 0 Å². The van der Waals surface area contributed by atoms with Crippen LogP contribution in [0.15, 0.2) is 65.8 Å². The van der Waals surface area contributed by atoms with Crippen molar-refractivity contribution in [3.63, 3.8) is 0 Å². The number of hydrogen-bond donors (Lipinski definition) is 1. The molecule has 1 aliphatic rings. The lowest BCUT2D eigenvalue weighted by Crippen LogP contribution is -2.50. The molecular formula is C20H21N3O3. The molecule has 1 amide bonds. The molecule has 1 fully saturated rings. The zero-order valence-corrected chi connectivity index (χ0v) is 14.8. The number of anilines is 2. The fourth-order valence-corrected chi connectivity index (χ4v) is 3.00. The molecule has 0 radical (unpaired) electrons. The van der Waals surface area contributed by atoms with E-state index in [0.717, 1.165) is 5.69 Å². The van der Waals surface area contributed by atoms with Crippen molar-refractivity contribution in [3.05, 3.63) is 60.7 Å². The van der Waals surface area contributed by atoms with Crippen LogP contribution in [0.4, 0.5) is 11.4 Å². The van der Waals surface area contributed by atoms with Crippen LogP contribution in [0, 0.1) is 0 Å². The number of ether oxygens (including phenoxy) is 1. The SMILES string of the molecule is CCOC(=O)C1(C)CC(=NNc2ccccc2)C(=O)N1c1ccccc1. The Kier molecular flexibility index (Phi) is 5.02. The maximum absolute atomic E-state index is 13.0. The van der Waals surface area contributed by atoms with E-state index < -0.39 is 11.5 Å². The molecule has 0 saturated carbocycles. The van der Waals surface area contributed by atoms with Gasteiger partial charge in [0.05, 0.1) is 12.3 Å². The lowest BCUT2D eigenvalue weighted by molar-refractivity contribution is -0.149. The molecule has 1 saturated heterocycles. The number of para-hydroxylation sites is 2. The Hall–Kier alpha value is -3.15. The Morgan fingerprint density at radius 3 is 2.38 bits per heavy atom. The van der Waals surface area contributed by atoms with Crippen molar-refractivity contribution in [1.82, 2.24) is 0 Å². The average Bonchev–Trinajstić information content (AvgIpc) is 2.93. The van der Waals surface area contributed by atoms with Crippen molar-refractivity contribution in [2.24, 2.45) is 5.10 Å². The molecule has 0 aromatic heterocycles. The molecule has 134 valence electrons. The Morgan fingerprint density at radius 1 is 1.15 bits per heavy atom.